The third kappa shape index (κ3) is 3.43. The first-order valence-electron chi connectivity index (χ1n) is 7.83. The van der Waals surface area contributed by atoms with Crippen molar-refractivity contribution in [1.82, 2.24) is 15.0 Å². The zero-order chi connectivity index (χ0) is 17.9. The van der Waals surface area contributed by atoms with Crippen molar-refractivity contribution in [3.63, 3.8) is 0 Å². The molecule has 7 heteroatoms. The van der Waals surface area contributed by atoms with Crippen LogP contribution in [-0.4, -0.2) is 15.0 Å². The van der Waals surface area contributed by atoms with Crippen molar-refractivity contribution >= 4 is 45.4 Å². The van der Waals surface area contributed by atoms with Gasteiger partial charge in [0.15, 0.2) is 0 Å². The molecule has 6 nitrogen and oxygen atoms in total. The van der Waals surface area contributed by atoms with Gasteiger partial charge in [-0.05, 0) is 35.7 Å². The first-order chi connectivity index (χ1) is 12.7. The zero-order valence-corrected chi connectivity index (χ0v) is 14.2. The summed E-state index contributed by atoms with van der Waals surface area (Å²) >= 11 is 5.96. The second kappa shape index (κ2) is 6.75. The van der Waals surface area contributed by atoms with E-state index < -0.39 is 0 Å². The highest BCUT2D eigenvalue weighted by Gasteiger charge is 2.05. The summed E-state index contributed by atoms with van der Waals surface area (Å²) in [7, 11) is 0. The summed E-state index contributed by atoms with van der Waals surface area (Å²) in [4.78, 5) is 11.5. The Morgan fingerprint density at radius 1 is 0.962 bits per heavy atom. The molecule has 0 aliphatic rings. The molecule has 0 radical (unpaired) electrons. The fourth-order valence-corrected chi connectivity index (χ4v) is 2.82. The van der Waals surface area contributed by atoms with Gasteiger partial charge in [0.2, 0.25) is 0 Å². The van der Waals surface area contributed by atoms with E-state index in [1.807, 2.05) is 36.5 Å². The molecule has 3 heterocycles. The van der Waals surface area contributed by atoms with Crippen LogP contribution in [-0.2, 0) is 0 Å². The third-order valence-electron chi connectivity index (χ3n) is 3.76. The number of halogens is 1. The van der Waals surface area contributed by atoms with E-state index in [0.717, 1.165) is 22.3 Å². The molecule has 0 amide bonds. The number of anilines is 4. The van der Waals surface area contributed by atoms with Gasteiger partial charge in [-0.25, -0.2) is 4.98 Å². The van der Waals surface area contributed by atoms with Gasteiger partial charge < -0.3 is 15.6 Å². The lowest BCUT2D eigenvalue weighted by molar-refractivity contribution is 1.25. The van der Waals surface area contributed by atoms with Gasteiger partial charge in [-0.3, -0.25) is 4.98 Å². The molecule has 4 rings (SSSR count). The summed E-state index contributed by atoms with van der Waals surface area (Å²) in [6, 6.07) is 15.3. The Hall–Kier alpha value is -3.56. The summed E-state index contributed by atoms with van der Waals surface area (Å²) in [5.41, 5.74) is 3.64. The van der Waals surface area contributed by atoms with E-state index >= 15 is 0 Å². The molecule has 0 saturated carbocycles. The van der Waals surface area contributed by atoms with Crippen LogP contribution < -0.4 is 10.6 Å². The minimum Gasteiger partial charge on any atom is -0.361 e. The lowest BCUT2D eigenvalue weighted by Gasteiger charge is -2.11. The summed E-state index contributed by atoms with van der Waals surface area (Å²) in [5, 5.41) is 17.4. The Morgan fingerprint density at radius 3 is 2.73 bits per heavy atom. The number of hydrogen-bond donors (Lipinski definition) is 3. The average Bonchev–Trinajstić information content (AvgIpc) is 3.09. The van der Waals surface area contributed by atoms with Crippen LogP contribution >= 0.6 is 11.6 Å². The van der Waals surface area contributed by atoms with Crippen molar-refractivity contribution in [3.05, 3.63) is 71.8 Å². The summed E-state index contributed by atoms with van der Waals surface area (Å²) in [5.74, 6) is 0.562. The van der Waals surface area contributed by atoms with Gasteiger partial charge in [0.1, 0.15) is 17.6 Å². The summed E-state index contributed by atoms with van der Waals surface area (Å²) in [6.07, 6.45) is 5.11. The van der Waals surface area contributed by atoms with Gasteiger partial charge in [0.25, 0.3) is 0 Å². The Kier molecular flexibility index (Phi) is 4.14. The number of benzene rings is 1. The van der Waals surface area contributed by atoms with Crippen molar-refractivity contribution in [1.29, 1.82) is 5.26 Å². The van der Waals surface area contributed by atoms with E-state index in [2.05, 4.69) is 31.7 Å². The van der Waals surface area contributed by atoms with Gasteiger partial charge in [-0.1, -0.05) is 17.7 Å². The summed E-state index contributed by atoms with van der Waals surface area (Å²) in [6.45, 7) is 0. The predicted molar refractivity (Wildman–Crippen MR) is 103 cm³/mol. The van der Waals surface area contributed by atoms with Crippen molar-refractivity contribution in [2.24, 2.45) is 0 Å². The number of aromatic nitrogens is 3. The minimum absolute atomic E-state index is 0.299. The Morgan fingerprint density at radius 2 is 1.88 bits per heavy atom. The fourth-order valence-electron chi connectivity index (χ4n) is 2.64. The standard InChI is InChI=1S/C19H13ClN6/c20-13-5-17(11-22-10-13)24-15-6-16(9-21)26-19(8-15)25-14-2-1-12-3-4-23-18(12)7-14/h1-8,10-11,23H,(H2,24,25,26). The maximum Gasteiger partial charge on any atom is 0.144 e. The molecule has 0 spiro atoms. The van der Waals surface area contributed by atoms with Crippen LogP contribution in [0.4, 0.5) is 22.9 Å². The van der Waals surface area contributed by atoms with Crippen LogP contribution in [0.25, 0.3) is 10.9 Å². The predicted octanol–water partition coefficient (Wildman–Crippen LogP) is 4.97. The van der Waals surface area contributed by atoms with E-state index in [0.29, 0.717) is 22.2 Å². The lowest BCUT2D eigenvalue weighted by Crippen LogP contribution is -1.99. The largest absolute Gasteiger partial charge is 0.361 e. The second-order valence-electron chi connectivity index (χ2n) is 5.66. The van der Waals surface area contributed by atoms with E-state index in [-0.39, 0.29) is 0 Å². The van der Waals surface area contributed by atoms with Crippen molar-refractivity contribution in [2.45, 2.75) is 0 Å². The molecule has 26 heavy (non-hydrogen) atoms. The van der Waals surface area contributed by atoms with Crippen LogP contribution in [0.15, 0.2) is 61.1 Å². The molecule has 0 aliphatic heterocycles. The number of aromatic amines is 1. The first kappa shape index (κ1) is 15.9. The molecule has 4 aromatic rings. The van der Waals surface area contributed by atoms with Gasteiger partial charge >= 0.3 is 0 Å². The minimum atomic E-state index is 0.299. The number of nitrogens with one attached hydrogen (secondary N) is 3. The molecular weight excluding hydrogens is 348 g/mol. The fraction of sp³-hybridized carbons (Fsp3) is 0. The van der Waals surface area contributed by atoms with Crippen molar-refractivity contribution in [3.8, 4) is 6.07 Å². The highest BCUT2D eigenvalue weighted by Crippen LogP contribution is 2.25. The van der Waals surface area contributed by atoms with Gasteiger partial charge in [0, 0.05) is 35.4 Å². The zero-order valence-electron chi connectivity index (χ0n) is 13.5. The molecule has 0 fully saturated rings. The number of nitrogens with zero attached hydrogens (tertiary/aromatic N) is 3. The third-order valence-corrected chi connectivity index (χ3v) is 3.97. The van der Waals surface area contributed by atoms with E-state index in [4.69, 9.17) is 11.6 Å². The van der Waals surface area contributed by atoms with Crippen molar-refractivity contribution < 1.29 is 0 Å². The molecule has 126 valence electrons. The van der Waals surface area contributed by atoms with Gasteiger partial charge in [-0.15, -0.1) is 0 Å². The summed E-state index contributed by atoms with van der Waals surface area (Å²) < 4.78 is 0. The van der Waals surface area contributed by atoms with Crippen LogP contribution in [0.5, 0.6) is 0 Å². The monoisotopic (exact) mass is 360 g/mol. The maximum absolute atomic E-state index is 9.27. The van der Waals surface area contributed by atoms with E-state index in [9.17, 15) is 5.26 Å². The van der Waals surface area contributed by atoms with E-state index in [1.54, 1.807) is 24.5 Å². The quantitative estimate of drug-likeness (QED) is 0.478. The Bertz CT molecular complexity index is 1130. The Labute approximate surface area is 154 Å². The molecular formula is C19H13ClN6. The number of nitriles is 1. The van der Waals surface area contributed by atoms with E-state index in [1.165, 1.54) is 0 Å². The molecule has 0 bridgehead atoms. The number of rotatable bonds is 4. The number of H-pyrrole nitrogens is 1. The first-order valence-corrected chi connectivity index (χ1v) is 8.21. The van der Waals surface area contributed by atoms with Crippen LogP contribution in [0, 0.1) is 11.3 Å². The smallest absolute Gasteiger partial charge is 0.144 e. The number of hydrogen-bond acceptors (Lipinski definition) is 5. The topological polar surface area (TPSA) is 89.4 Å². The SMILES string of the molecule is N#Cc1cc(Nc2cncc(Cl)c2)cc(Nc2ccc3cc[nH]c3c2)n1. The van der Waals surface area contributed by atoms with Crippen LogP contribution in [0.2, 0.25) is 5.02 Å². The molecule has 3 N–H and O–H groups in total. The second-order valence-corrected chi connectivity index (χ2v) is 6.10. The number of pyridine rings is 2. The van der Waals surface area contributed by atoms with Crippen LogP contribution in [0.3, 0.4) is 0 Å². The molecule has 1 aromatic carbocycles. The molecule has 3 aromatic heterocycles. The maximum atomic E-state index is 9.27. The lowest BCUT2D eigenvalue weighted by atomic mass is 10.2. The Balaban J connectivity index is 1.64. The normalized spacial score (nSPS) is 10.5. The molecule has 0 atom stereocenters. The highest BCUT2D eigenvalue weighted by atomic mass is 35.5. The van der Waals surface area contributed by atoms with Crippen molar-refractivity contribution in [2.75, 3.05) is 10.6 Å². The van der Waals surface area contributed by atoms with Gasteiger partial charge in [-0.2, -0.15) is 5.26 Å². The highest BCUT2D eigenvalue weighted by molar-refractivity contribution is 6.30. The average molecular weight is 361 g/mol. The molecule has 0 unspecified atom stereocenters. The van der Waals surface area contributed by atoms with Gasteiger partial charge in [0.05, 0.1) is 16.9 Å². The van der Waals surface area contributed by atoms with Crippen LogP contribution in [0.1, 0.15) is 5.69 Å². The number of fused-ring (bicyclic) bond motifs is 1. The molecule has 0 aliphatic carbocycles. The molecule has 0 saturated heterocycles.